The number of hydrogen-bond donors (Lipinski definition) is 0. The fourth-order valence-electron chi connectivity index (χ4n) is 2.21. The van der Waals surface area contributed by atoms with Gasteiger partial charge in [-0.3, -0.25) is 4.98 Å². The fraction of sp³-hybridized carbons (Fsp3) is 0.0588. The van der Waals surface area contributed by atoms with Crippen molar-refractivity contribution >= 4 is 10.8 Å². The monoisotopic (exact) mass is 244 g/mol. The molecule has 0 fully saturated rings. The van der Waals surface area contributed by atoms with E-state index in [2.05, 4.69) is 11.1 Å². The molecular weight excluding hydrogens is 232 g/mol. The highest BCUT2D eigenvalue weighted by Gasteiger charge is 2.10. The highest BCUT2D eigenvalue weighted by Crippen LogP contribution is 2.27. The lowest BCUT2D eigenvalue weighted by molar-refractivity contribution is 1.33. The van der Waals surface area contributed by atoms with Crippen molar-refractivity contribution in [1.29, 1.82) is 5.26 Å². The van der Waals surface area contributed by atoms with Gasteiger partial charge in [0, 0.05) is 22.5 Å². The van der Waals surface area contributed by atoms with E-state index in [1.165, 1.54) is 5.56 Å². The van der Waals surface area contributed by atoms with Gasteiger partial charge in [0.05, 0.1) is 11.3 Å². The fourth-order valence-corrected chi connectivity index (χ4v) is 2.21. The summed E-state index contributed by atoms with van der Waals surface area (Å²) in [5.74, 6) is 0. The molecule has 90 valence electrons. The molecule has 0 spiro atoms. The molecule has 0 N–H and O–H groups in total. The van der Waals surface area contributed by atoms with Crippen LogP contribution in [0.15, 0.2) is 54.7 Å². The van der Waals surface area contributed by atoms with Gasteiger partial charge in [0.1, 0.15) is 6.07 Å². The smallest absolute Gasteiger partial charge is 0.102 e. The molecule has 0 bridgehead atoms. The highest BCUT2D eigenvalue weighted by molar-refractivity contribution is 5.92. The number of aromatic nitrogens is 1. The van der Waals surface area contributed by atoms with Crippen LogP contribution >= 0.6 is 0 Å². The van der Waals surface area contributed by atoms with Gasteiger partial charge in [-0.1, -0.05) is 54.1 Å². The molecule has 0 saturated heterocycles. The standard InChI is InChI=1S/C17H12N2/c1-12-6-8-13(9-7-12)17-16(10-18)15-5-3-2-4-14(15)11-19-17/h2-9,11H,1H3. The molecule has 0 radical (unpaired) electrons. The average Bonchev–Trinajstić information content (AvgIpc) is 2.47. The summed E-state index contributed by atoms with van der Waals surface area (Å²) in [5, 5.41) is 11.4. The van der Waals surface area contributed by atoms with Gasteiger partial charge in [-0.25, -0.2) is 0 Å². The Morgan fingerprint density at radius 3 is 2.47 bits per heavy atom. The maximum atomic E-state index is 9.44. The summed E-state index contributed by atoms with van der Waals surface area (Å²) in [6.07, 6.45) is 1.82. The second kappa shape index (κ2) is 4.55. The third kappa shape index (κ3) is 1.96. The first-order valence-electron chi connectivity index (χ1n) is 6.14. The molecular formula is C17H12N2. The molecule has 1 aromatic heterocycles. The van der Waals surface area contributed by atoms with E-state index in [-0.39, 0.29) is 0 Å². The van der Waals surface area contributed by atoms with E-state index < -0.39 is 0 Å². The van der Waals surface area contributed by atoms with Gasteiger partial charge in [-0.05, 0) is 6.92 Å². The minimum Gasteiger partial charge on any atom is -0.254 e. The number of nitriles is 1. The van der Waals surface area contributed by atoms with Crippen molar-refractivity contribution in [2.75, 3.05) is 0 Å². The highest BCUT2D eigenvalue weighted by atomic mass is 14.7. The normalized spacial score (nSPS) is 10.3. The largest absolute Gasteiger partial charge is 0.254 e. The van der Waals surface area contributed by atoms with E-state index in [1.54, 1.807) is 0 Å². The van der Waals surface area contributed by atoms with Crippen LogP contribution in [-0.2, 0) is 0 Å². The van der Waals surface area contributed by atoms with Crippen LogP contribution in [-0.4, -0.2) is 4.98 Å². The van der Waals surface area contributed by atoms with E-state index in [1.807, 2.05) is 61.7 Å². The number of nitrogens with zero attached hydrogens (tertiary/aromatic N) is 2. The number of rotatable bonds is 1. The summed E-state index contributed by atoms with van der Waals surface area (Å²) in [7, 11) is 0. The Balaban J connectivity index is 2.30. The van der Waals surface area contributed by atoms with Gasteiger partial charge in [0.15, 0.2) is 0 Å². The maximum Gasteiger partial charge on any atom is 0.102 e. The zero-order valence-corrected chi connectivity index (χ0v) is 10.6. The van der Waals surface area contributed by atoms with Gasteiger partial charge < -0.3 is 0 Å². The number of pyridine rings is 1. The molecule has 0 atom stereocenters. The molecule has 3 aromatic rings. The summed E-state index contributed by atoms with van der Waals surface area (Å²) < 4.78 is 0. The van der Waals surface area contributed by atoms with Crippen molar-refractivity contribution in [3.63, 3.8) is 0 Å². The minimum atomic E-state index is 0.641. The Hall–Kier alpha value is -2.66. The number of hydrogen-bond acceptors (Lipinski definition) is 2. The van der Waals surface area contributed by atoms with Crippen molar-refractivity contribution in [2.45, 2.75) is 6.92 Å². The third-order valence-electron chi connectivity index (χ3n) is 3.24. The summed E-state index contributed by atoms with van der Waals surface area (Å²) >= 11 is 0. The summed E-state index contributed by atoms with van der Waals surface area (Å²) in [4.78, 5) is 4.46. The SMILES string of the molecule is Cc1ccc(-c2ncc3ccccc3c2C#N)cc1. The van der Waals surface area contributed by atoms with Gasteiger partial charge in [0.2, 0.25) is 0 Å². The molecule has 2 nitrogen and oxygen atoms in total. The molecule has 0 aliphatic heterocycles. The van der Waals surface area contributed by atoms with E-state index in [9.17, 15) is 5.26 Å². The first-order valence-corrected chi connectivity index (χ1v) is 6.14. The lowest BCUT2D eigenvalue weighted by Crippen LogP contribution is -1.91. The Bertz CT molecular complexity index is 780. The minimum absolute atomic E-state index is 0.641. The van der Waals surface area contributed by atoms with Crippen molar-refractivity contribution in [1.82, 2.24) is 4.98 Å². The Morgan fingerprint density at radius 1 is 1.00 bits per heavy atom. The molecule has 0 aliphatic carbocycles. The van der Waals surface area contributed by atoms with Gasteiger partial charge in [-0.15, -0.1) is 0 Å². The predicted octanol–water partition coefficient (Wildman–Crippen LogP) is 4.08. The summed E-state index contributed by atoms with van der Waals surface area (Å²) in [6.45, 7) is 2.04. The Morgan fingerprint density at radius 2 is 1.74 bits per heavy atom. The average molecular weight is 244 g/mol. The second-order valence-electron chi connectivity index (χ2n) is 4.55. The number of benzene rings is 2. The van der Waals surface area contributed by atoms with Crippen molar-refractivity contribution in [3.8, 4) is 17.3 Å². The summed E-state index contributed by atoms with van der Waals surface area (Å²) in [5.41, 5.74) is 3.57. The Labute approximate surface area is 112 Å². The lowest BCUT2D eigenvalue weighted by Gasteiger charge is -2.07. The van der Waals surface area contributed by atoms with Gasteiger partial charge >= 0.3 is 0 Å². The molecule has 0 saturated carbocycles. The lowest BCUT2D eigenvalue weighted by atomic mass is 10.0. The quantitative estimate of drug-likeness (QED) is 0.646. The van der Waals surface area contributed by atoms with E-state index in [0.29, 0.717) is 5.56 Å². The van der Waals surface area contributed by atoms with Crippen LogP contribution in [0.5, 0.6) is 0 Å². The maximum absolute atomic E-state index is 9.44. The van der Waals surface area contributed by atoms with E-state index in [4.69, 9.17) is 0 Å². The molecule has 2 heteroatoms. The topological polar surface area (TPSA) is 36.7 Å². The molecule has 0 unspecified atom stereocenters. The molecule has 19 heavy (non-hydrogen) atoms. The van der Waals surface area contributed by atoms with Crippen LogP contribution in [0, 0.1) is 18.3 Å². The van der Waals surface area contributed by atoms with Crippen LogP contribution in [0.25, 0.3) is 22.0 Å². The second-order valence-corrected chi connectivity index (χ2v) is 4.55. The molecule has 3 rings (SSSR count). The third-order valence-corrected chi connectivity index (χ3v) is 3.24. The van der Waals surface area contributed by atoms with Crippen LogP contribution in [0.2, 0.25) is 0 Å². The van der Waals surface area contributed by atoms with E-state index in [0.717, 1.165) is 22.0 Å². The van der Waals surface area contributed by atoms with Gasteiger partial charge in [0.25, 0.3) is 0 Å². The predicted molar refractivity (Wildman–Crippen MR) is 76.6 cm³/mol. The van der Waals surface area contributed by atoms with Crippen molar-refractivity contribution in [2.24, 2.45) is 0 Å². The molecule has 2 aromatic carbocycles. The first-order chi connectivity index (χ1) is 9.29. The van der Waals surface area contributed by atoms with Crippen molar-refractivity contribution in [3.05, 3.63) is 65.9 Å². The zero-order chi connectivity index (χ0) is 13.2. The molecule has 1 heterocycles. The molecule has 0 amide bonds. The summed E-state index contributed by atoms with van der Waals surface area (Å²) in [6, 6.07) is 18.2. The van der Waals surface area contributed by atoms with Crippen LogP contribution in [0.3, 0.4) is 0 Å². The van der Waals surface area contributed by atoms with Crippen LogP contribution in [0.1, 0.15) is 11.1 Å². The number of aryl methyl sites for hydroxylation is 1. The van der Waals surface area contributed by atoms with Gasteiger partial charge in [-0.2, -0.15) is 5.26 Å². The van der Waals surface area contributed by atoms with Crippen molar-refractivity contribution < 1.29 is 0 Å². The Kier molecular flexibility index (Phi) is 2.74. The first kappa shape index (κ1) is 11.4. The van der Waals surface area contributed by atoms with E-state index >= 15 is 0 Å². The van der Waals surface area contributed by atoms with Crippen LogP contribution in [0.4, 0.5) is 0 Å². The van der Waals surface area contributed by atoms with Crippen LogP contribution < -0.4 is 0 Å². The zero-order valence-electron chi connectivity index (χ0n) is 10.6. The number of fused-ring (bicyclic) bond motifs is 1. The molecule has 0 aliphatic rings.